The van der Waals surface area contributed by atoms with Crippen LogP contribution < -0.4 is 26.5 Å². The second-order valence-electron chi connectivity index (χ2n) is 16.6. The van der Waals surface area contributed by atoms with Crippen molar-refractivity contribution in [2.45, 2.75) is 56.9 Å². The van der Waals surface area contributed by atoms with Gasteiger partial charge in [0.25, 0.3) is 0 Å². The van der Waals surface area contributed by atoms with E-state index in [2.05, 4.69) is 175 Å². The second kappa shape index (κ2) is 23.8. The Hall–Kier alpha value is -5.31. The Morgan fingerprint density at radius 3 is 1.37 bits per heavy atom. The summed E-state index contributed by atoms with van der Waals surface area (Å²) in [7, 11) is -5.84. The Morgan fingerprint density at radius 2 is 0.956 bits per heavy atom. The molecule has 1 heterocycles. The van der Waals surface area contributed by atoms with Gasteiger partial charge < -0.3 is 32.5 Å². The summed E-state index contributed by atoms with van der Waals surface area (Å²) in [4.78, 5) is 17.7. The molecule has 2 amide bonds. The third-order valence-electron chi connectivity index (χ3n) is 12.3. The molecule has 0 spiro atoms. The van der Waals surface area contributed by atoms with E-state index in [1.54, 1.807) is 0 Å². The van der Waals surface area contributed by atoms with Crippen LogP contribution >= 0.6 is 16.3 Å². The normalized spacial score (nSPS) is 16.3. The highest BCUT2D eigenvalue weighted by atomic mass is 31.1. The standard InChI is InChI=1S/C57H62N2O6P2Si/c1-4-61-68(62-5-2,63-6-3)44-28-43-58-55(60)59-46-56(47-29-14-7-15-30-47,64-66(50-35-20-10-21-36-50)51-37-22-11-23-38-51)45-54(59)57(48-31-16-8-17-32-48,49-33-18-9-19-34-49)65-67(52-39-24-12-25-40-52)53-41-26-13-27-42-53/h7-27,29-42,54H,4-6,28,43-46H2,1-3H3,(H,58,60)/t54-,56+/m0/s1. The molecule has 2 atom stereocenters. The van der Waals surface area contributed by atoms with Crippen molar-refractivity contribution in [2.75, 3.05) is 32.9 Å². The zero-order valence-corrected chi connectivity index (χ0v) is 42.0. The summed E-state index contributed by atoms with van der Waals surface area (Å²) in [6, 6.07) is 73.1. The van der Waals surface area contributed by atoms with Crippen LogP contribution in [0.25, 0.3) is 0 Å². The quantitative estimate of drug-likeness (QED) is 0.0414. The van der Waals surface area contributed by atoms with Gasteiger partial charge in [0.05, 0.1) is 28.9 Å². The minimum absolute atomic E-state index is 0.208. The minimum Gasteiger partial charge on any atom is -0.374 e. The molecule has 8 rings (SSSR count). The number of nitrogens with zero attached hydrogens (tertiary/aromatic N) is 1. The fourth-order valence-corrected chi connectivity index (χ4v) is 15.9. The number of nitrogens with one attached hydrogen (secondary N) is 1. The molecule has 0 saturated carbocycles. The second-order valence-corrected chi connectivity index (χ2v) is 22.9. The molecule has 0 aromatic heterocycles. The summed E-state index contributed by atoms with van der Waals surface area (Å²) in [6.07, 6.45) is 1.02. The van der Waals surface area contributed by atoms with Gasteiger partial charge in [-0.05, 0) is 43.9 Å². The number of carbonyl (C=O) groups is 1. The van der Waals surface area contributed by atoms with Crippen molar-refractivity contribution in [1.29, 1.82) is 0 Å². The molecule has 0 aliphatic carbocycles. The van der Waals surface area contributed by atoms with Crippen LogP contribution in [-0.2, 0) is 33.5 Å². The van der Waals surface area contributed by atoms with Gasteiger partial charge in [-0.25, -0.2) is 4.79 Å². The Morgan fingerprint density at radius 1 is 0.574 bits per heavy atom. The lowest BCUT2D eigenvalue weighted by Gasteiger charge is -2.45. The van der Waals surface area contributed by atoms with Crippen molar-refractivity contribution in [2.24, 2.45) is 0 Å². The predicted octanol–water partition coefficient (Wildman–Crippen LogP) is 11.2. The number of hydrogen-bond donors (Lipinski definition) is 1. The number of carbonyl (C=O) groups excluding carboxylic acids is 1. The Kier molecular flexibility index (Phi) is 17.2. The van der Waals surface area contributed by atoms with E-state index in [4.69, 9.17) is 22.3 Å². The van der Waals surface area contributed by atoms with Gasteiger partial charge in [-0.15, -0.1) is 0 Å². The molecule has 1 fully saturated rings. The smallest absolute Gasteiger partial charge is 0.374 e. The molecule has 8 nitrogen and oxygen atoms in total. The molecular weight excluding hydrogens is 899 g/mol. The molecule has 7 aromatic carbocycles. The van der Waals surface area contributed by atoms with Crippen LogP contribution in [0.3, 0.4) is 0 Å². The van der Waals surface area contributed by atoms with Crippen molar-refractivity contribution in [3.8, 4) is 0 Å². The number of urea groups is 1. The van der Waals surface area contributed by atoms with Gasteiger partial charge in [-0.3, -0.25) is 0 Å². The summed E-state index contributed by atoms with van der Waals surface area (Å²) < 4.78 is 34.7. The van der Waals surface area contributed by atoms with Crippen molar-refractivity contribution < 1.29 is 27.1 Å². The fourth-order valence-electron chi connectivity index (χ4n) is 9.29. The molecule has 1 saturated heterocycles. The molecule has 68 heavy (non-hydrogen) atoms. The number of amides is 2. The van der Waals surface area contributed by atoms with E-state index in [1.165, 1.54) is 0 Å². The molecule has 1 N–H and O–H groups in total. The van der Waals surface area contributed by atoms with Crippen LogP contribution in [0, 0.1) is 0 Å². The monoisotopic (exact) mass is 960 g/mol. The fraction of sp³-hybridized carbons (Fsp3) is 0.246. The Balaban J connectivity index is 1.32. The van der Waals surface area contributed by atoms with Crippen LogP contribution in [0.2, 0.25) is 6.04 Å². The van der Waals surface area contributed by atoms with Gasteiger partial charge in [0.2, 0.25) is 0 Å². The number of hydrogen-bond acceptors (Lipinski definition) is 6. The third kappa shape index (κ3) is 11.2. The van der Waals surface area contributed by atoms with Crippen molar-refractivity contribution in [1.82, 2.24) is 10.2 Å². The zero-order valence-electron chi connectivity index (χ0n) is 39.2. The largest absolute Gasteiger partial charge is 0.500 e. The van der Waals surface area contributed by atoms with Gasteiger partial charge in [0.1, 0.15) is 11.2 Å². The van der Waals surface area contributed by atoms with Crippen LogP contribution in [0.5, 0.6) is 0 Å². The maximum Gasteiger partial charge on any atom is 0.500 e. The van der Waals surface area contributed by atoms with Gasteiger partial charge >= 0.3 is 14.8 Å². The van der Waals surface area contributed by atoms with Crippen LogP contribution in [0.15, 0.2) is 212 Å². The molecule has 1 aliphatic rings. The minimum atomic E-state index is -2.96. The maximum absolute atomic E-state index is 15.7. The molecule has 0 unspecified atom stereocenters. The van der Waals surface area contributed by atoms with Crippen LogP contribution in [0.4, 0.5) is 4.79 Å². The predicted molar refractivity (Wildman–Crippen MR) is 281 cm³/mol. The van der Waals surface area contributed by atoms with Crippen LogP contribution in [0.1, 0.15) is 50.3 Å². The number of rotatable bonds is 22. The molecule has 0 radical (unpaired) electrons. The SMILES string of the molecule is CCO[Si](CCCNC(=O)N1C[C@@](OP(c2ccccc2)c2ccccc2)(c2ccccc2)C[C@H]1C(OP(c1ccccc1)c1ccccc1)(c1ccccc1)c1ccccc1)(OCC)OCC. The van der Waals surface area contributed by atoms with Crippen molar-refractivity contribution >= 4 is 52.4 Å². The molecule has 1 aliphatic heterocycles. The lowest BCUT2D eigenvalue weighted by molar-refractivity contribution is 0.0421. The third-order valence-corrected chi connectivity index (χ3v) is 19.5. The van der Waals surface area contributed by atoms with E-state index in [0.29, 0.717) is 45.3 Å². The molecule has 0 bridgehead atoms. The maximum atomic E-state index is 15.7. The lowest BCUT2D eigenvalue weighted by Crippen LogP contribution is -2.54. The molecular formula is C57H62N2O6P2Si. The highest BCUT2D eigenvalue weighted by molar-refractivity contribution is 7.68. The van der Waals surface area contributed by atoms with E-state index in [1.807, 2.05) is 68.1 Å². The topological polar surface area (TPSA) is 78.5 Å². The van der Waals surface area contributed by atoms with Gasteiger partial charge in [-0.1, -0.05) is 212 Å². The van der Waals surface area contributed by atoms with Gasteiger partial charge in [-0.2, -0.15) is 0 Å². The molecule has 350 valence electrons. The zero-order chi connectivity index (χ0) is 47.1. The lowest BCUT2D eigenvalue weighted by atomic mass is 9.77. The van der Waals surface area contributed by atoms with Crippen molar-refractivity contribution in [3.05, 3.63) is 229 Å². The summed E-state index contributed by atoms with van der Waals surface area (Å²) in [5.41, 5.74) is 0.643. The highest BCUT2D eigenvalue weighted by Crippen LogP contribution is 2.58. The van der Waals surface area contributed by atoms with E-state index in [-0.39, 0.29) is 12.6 Å². The first-order valence-electron chi connectivity index (χ1n) is 23.8. The van der Waals surface area contributed by atoms with E-state index >= 15 is 4.79 Å². The Bertz CT molecular complexity index is 2440. The average Bonchev–Trinajstić information content (AvgIpc) is 3.80. The summed E-state index contributed by atoms with van der Waals surface area (Å²) in [5.74, 6) is 0. The van der Waals surface area contributed by atoms with Crippen molar-refractivity contribution in [3.63, 3.8) is 0 Å². The average molecular weight is 961 g/mol. The summed E-state index contributed by atoms with van der Waals surface area (Å²) in [5, 5.41) is 7.68. The number of likely N-dealkylation sites (tertiary alicyclic amines) is 1. The van der Waals surface area contributed by atoms with E-state index < -0.39 is 42.3 Å². The summed E-state index contributed by atoms with van der Waals surface area (Å²) in [6.45, 7) is 7.99. The van der Waals surface area contributed by atoms with Crippen LogP contribution in [-0.4, -0.2) is 58.7 Å². The van der Waals surface area contributed by atoms with Gasteiger partial charge in [0, 0.05) is 60.0 Å². The highest BCUT2D eigenvalue weighted by Gasteiger charge is 2.59. The first kappa shape index (κ1) is 49.1. The number of benzene rings is 7. The summed E-state index contributed by atoms with van der Waals surface area (Å²) >= 11 is 0. The van der Waals surface area contributed by atoms with Gasteiger partial charge in [0.15, 0.2) is 0 Å². The molecule has 11 heteroatoms. The first-order chi connectivity index (χ1) is 33.4. The van der Waals surface area contributed by atoms with E-state index in [9.17, 15) is 0 Å². The molecule has 7 aromatic rings. The Labute approximate surface area is 406 Å². The first-order valence-corrected chi connectivity index (χ1v) is 28.2. The van der Waals surface area contributed by atoms with E-state index in [0.717, 1.165) is 37.9 Å².